The largest absolute Gasteiger partial charge is 0.494 e. The summed E-state index contributed by atoms with van der Waals surface area (Å²) in [6.07, 6.45) is 3.01. The highest BCUT2D eigenvalue weighted by atomic mass is 19.1. The molecule has 3 aromatic carbocycles. The molecule has 0 aliphatic heterocycles. The van der Waals surface area contributed by atoms with Gasteiger partial charge in [0.25, 0.3) is 0 Å². The molecule has 1 amide bonds. The number of amides is 1. The highest BCUT2D eigenvalue weighted by Gasteiger charge is 2.07. The molecule has 3 aromatic rings. The van der Waals surface area contributed by atoms with Crippen LogP contribution in [0.4, 0.5) is 10.1 Å². The fraction of sp³-hybridized carbons (Fsp3) is 0.0870. The first-order chi connectivity index (χ1) is 13.6. The molecule has 4 nitrogen and oxygen atoms in total. The first-order valence-electron chi connectivity index (χ1n) is 8.88. The maximum Gasteiger partial charge on any atom is 0.248 e. The van der Waals surface area contributed by atoms with Crippen LogP contribution in [0.25, 0.3) is 6.08 Å². The van der Waals surface area contributed by atoms with Crippen LogP contribution in [0.1, 0.15) is 12.5 Å². The van der Waals surface area contributed by atoms with Crippen molar-refractivity contribution in [2.45, 2.75) is 6.92 Å². The molecule has 0 spiro atoms. The Morgan fingerprint density at radius 3 is 2.36 bits per heavy atom. The lowest BCUT2D eigenvalue weighted by molar-refractivity contribution is -0.111. The third kappa shape index (κ3) is 5.45. The van der Waals surface area contributed by atoms with E-state index in [-0.39, 0.29) is 11.7 Å². The van der Waals surface area contributed by atoms with Crippen molar-refractivity contribution in [1.29, 1.82) is 0 Å². The van der Waals surface area contributed by atoms with Crippen LogP contribution in [0.3, 0.4) is 0 Å². The van der Waals surface area contributed by atoms with Gasteiger partial charge in [0.05, 0.1) is 12.3 Å². The molecule has 0 atom stereocenters. The van der Waals surface area contributed by atoms with Crippen molar-refractivity contribution in [2.24, 2.45) is 0 Å². The number of hydrogen-bond acceptors (Lipinski definition) is 3. The summed E-state index contributed by atoms with van der Waals surface area (Å²) in [7, 11) is 0. The molecule has 0 bridgehead atoms. The van der Waals surface area contributed by atoms with Crippen molar-refractivity contribution in [2.75, 3.05) is 11.9 Å². The molecular weight excluding hydrogens is 357 g/mol. The number of benzene rings is 3. The Balaban J connectivity index is 1.67. The Hall–Kier alpha value is -3.60. The topological polar surface area (TPSA) is 47.6 Å². The average molecular weight is 377 g/mol. The summed E-state index contributed by atoms with van der Waals surface area (Å²) >= 11 is 0. The second kappa shape index (κ2) is 9.37. The summed E-state index contributed by atoms with van der Waals surface area (Å²) in [6, 6.07) is 20.3. The number of carbonyl (C=O) groups is 1. The second-order valence-electron chi connectivity index (χ2n) is 5.88. The predicted octanol–water partition coefficient (Wildman–Crippen LogP) is 5.67. The number of para-hydroxylation sites is 2. The van der Waals surface area contributed by atoms with E-state index in [0.29, 0.717) is 23.8 Å². The van der Waals surface area contributed by atoms with Crippen LogP contribution in [0.15, 0.2) is 78.9 Å². The SMILES string of the molecule is CCOc1ccc(Oc2ccccc2NC(=O)/C=C/c2ccc(F)cc2)cc1. The van der Waals surface area contributed by atoms with Gasteiger partial charge < -0.3 is 14.8 Å². The highest BCUT2D eigenvalue weighted by Crippen LogP contribution is 2.30. The molecule has 0 fully saturated rings. The molecule has 28 heavy (non-hydrogen) atoms. The summed E-state index contributed by atoms with van der Waals surface area (Å²) in [5.74, 6) is 1.29. The van der Waals surface area contributed by atoms with E-state index in [9.17, 15) is 9.18 Å². The standard InChI is InChI=1S/C23H20FNO3/c1-2-27-19-12-14-20(15-13-19)28-22-6-4-3-5-21(22)25-23(26)16-9-17-7-10-18(24)11-8-17/h3-16H,2H2,1H3,(H,25,26)/b16-9+. The highest BCUT2D eigenvalue weighted by molar-refractivity contribution is 6.02. The molecule has 0 aliphatic carbocycles. The van der Waals surface area contributed by atoms with Crippen LogP contribution >= 0.6 is 0 Å². The molecule has 0 radical (unpaired) electrons. The first-order valence-corrected chi connectivity index (χ1v) is 8.88. The first kappa shape index (κ1) is 19.2. The average Bonchev–Trinajstić information content (AvgIpc) is 2.71. The molecule has 0 saturated carbocycles. The Morgan fingerprint density at radius 1 is 0.964 bits per heavy atom. The molecule has 0 saturated heterocycles. The number of anilines is 1. The zero-order chi connectivity index (χ0) is 19.8. The number of halogens is 1. The van der Waals surface area contributed by atoms with E-state index in [1.165, 1.54) is 18.2 Å². The molecule has 0 heterocycles. The van der Waals surface area contributed by atoms with Crippen LogP contribution < -0.4 is 14.8 Å². The van der Waals surface area contributed by atoms with Gasteiger partial charge in [-0.25, -0.2) is 4.39 Å². The fourth-order valence-electron chi connectivity index (χ4n) is 2.48. The molecule has 142 valence electrons. The van der Waals surface area contributed by atoms with Crippen molar-refractivity contribution in [3.05, 3.63) is 90.3 Å². The van der Waals surface area contributed by atoms with Gasteiger partial charge in [0, 0.05) is 6.08 Å². The molecule has 0 aliphatic rings. The van der Waals surface area contributed by atoms with E-state index in [0.717, 1.165) is 11.3 Å². The number of hydrogen-bond donors (Lipinski definition) is 1. The molecule has 1 N–H and O–H groups in total. The Kier molecular flexibility index (Phi) is 6.41. The van der Waals surface area contributed by atoms with Gasteiger partial charge in [0.15, 0.2) is 5.75 Å². The lowest BCUT2D eigenvalue weighted by Gasteiger charge is -2.12. The van der Waals surface area contributed by atoms with Crippen molar-refractivity contribution < 1.29 is 18.7 Å². The number of rotatable bonds is 7. The van der Waals surface area contributed by atoms with E-state index in [1.807, 2.05) is 31.2 Å². The van der Waals surface area contributed by atoms with E-state index in [2.05, 4.69) is 5.32 Å². The van der Waals surface area contributed by atoms with Crippen LogP contribution in [-0.4, -0.2) is 12.5 Å². The number of carbonyl (C=O) groups excluding carboxylic acids is 1. The Labute approximate surface area is 163 Å². The van der Waals surface area contributed by atoms with E-state index < -0.39 is 0 Å². The zero-order valence-electron chi connectivity index (χ0n) is 15.4. The van der Waals surface area contributed by atoms with Crippen LogP contribution in [0.5, 0.6) is 17.2 Å². The van der Waals surface area contributed by atoms with E-state index in [4.69, 9.17) is 9.47 Å². The minimum atomic E-state index is -0.318. The van der Waals surface area contributed by atoms with Gasteiger partial charge in [-0.05, 0) is 67.1 Å². The third-order valence-corrected chi connectivity index (χ3v) is 3.80. The lowest BCUT2D eigenvalue weighted by Crippen LogP contribution is -2.08. The van der Waals surface area contributed by atoms with Gasteiger partial charge in [0.1, 0.15) is 17.3 Å². The van der Waals surface area contributed by atoms with E-state index >= 15 is 0 Å². The lowest BCUT2D eigenvalue weighted by atomic mass is 10.2. The molecule has 3 rings (SSSR count). The predicted molar refractivity (Wildman–Crippen MR) is 108 cm³/mol. The maximum absolute atomic E-state index is 12.9. The maximum atomic E-state index is 12.9. The number of ether oxygens (including phenoxy) is 2. The van der Waals surface area contributed by atoms with Crippen LogP contribution in [0, 0.1) is 5.82 Å². The molecule has 0 aromatic heterocycles. The summed E-state index contributed by atoms with van der Waals surface area (Å²) < 4.78 is 24.2. The van der Waals surface area contributed by atoms with Gasteiger partial charge in [-0.15, -0.1) is 0 Å². The minimum Gasteiger partial charge on any atom is -0.494 e. The van der Waals surface area contributed by atoms with E-state index in [1.54, 1.807) is 42.5 Å². The smallest absolute Gasteiger partial charge is 0.248 e. The van der Waals surface area contributed by atoms with Gasteiger partial charge in [0.2, 0.25) is 5.91 Å². The summed E-state index contributed by atoms with van der Waals surface area (Å²) in [5.41, 5.74) is 1.28. The fourth-order valence-corrected chi connectivity index (χ4v) is 2.48. The quantitative estimate of drug-likeness (QED) is 0.540. The van der Waals surface area contributed by atoms with Crippen molar-refractivity contribution in [1.82, 2.24) is 0 Å². The number of nitrogens with one attached hydrogen (secondary N) is 1. The summed E-state index contributed by atoms with van der Waals surface area (Å²) in [5, 5.41) is 2.79. The summed E-state index contributed by atoms with van der Waals surface area (Å²) in [4.78, 5) is 12.2. The third-order valence-electron chi connectivity index (χ3n) is 3.80. The van der Waals surface area contributed by atoms with Gasteiger partial charge in [-0.1, -0.05) is 24.3 Å². The minimum absolute atomic E-state index is 0.313. The Bertz CT molecular complexity index is 950. The Morgan fingerprint density at radius 2 is 1.64 bits per heavy atom. The van der Waals surface area contributed by atoms with Gasteiger partial charge in [-0.3, -0.25) is 4.79 Å². The molecule has 0 unspecified atom stereocenters. The van der Waals surface area contributed by atoms with Gasteiger partial charge in [-0.2, -0.15) is 0 Å². The van der Waals surface area contributed by atoms with Crippen molar-refractivity contribution in [3.8, 4) is 17.2 Å². The summed E-state index contributed by atoms with van der Waals surface area (Å²) in [6.45, 7) is 2.52. The van der Waals surface area contributed by atoms with Crippen molar-refractivity contribution >= 4 is 17.7 Å². The second-order valence-corrected chi connectivity index (χ2v) is 5.88. The van der Waals surface area contributed by atoms with Crippen LogP contribution in [0.2, 0.25) is 0 Å². The normalized spacial score (nSPS) is 10.6. The zero-order valence-corrected chi connectivity index (χ0v) is 15.4. The molecular formula is C23H20FNO3. The van der Waals surface area contributed by atoms with Crippen LogP contribution in [-0.2, 0) is 4.79 Å². The van der Waals surface area contributed by atoms with Crippen molar-refractivity contribution in [3.63, 3.8) is 0 Å². The van der Waals surface area contributed by atoms with Gasteiger partial charge >= 0.3 is 0 Å². The molecule has 5 heteroatoms. The monoisotopic (exact) mass is 377 g/mol.